The Morgan fingerprint density at radius 2 is 1.86 bits per heavy atom. The first-order chi connectivity index (χ1) is 6.54. The van der Waals surface area contributed by atoms with Gasteiger partial charge in [-0.25, -0.2) is 0 Å². The van der Waals surface area contributed by atoms with E-state index in [1.54, 1.807) is 0 Å². The Labute approximate surface area is 96.8 Å². The summed E-state index contributed by atoms with van der Waals surface area (Å²) in [6.07, 6.45) is 0. The molecule has 74 valence electrons. The molecule has 1 aromatic heterocycles. The first-order valence-corrected chi connectivity index (χ1v) is 5.60. The van der Waals surface area contributed by atoms with Gasteiger partial charge in [0.1, 0.15) is 0 Å². The van der Waals surface area contributed by atoms with Crippen molar-refractivity contribution in [2.24, 2.45) is 7.05 Å². The van der Waals surface area contributed by atoms with E-state index in [0.29, 0.717) is 0 Å². The zero-order chi connectivity index (χ0) is 10.5. The van der Waals surface area contributed by atoms with Gasteiger partial charge in [0.25, 0.3) is 0 Å². The molecule has 0 N–H and O–H groups in total. The van der Waals surface area contributed by atoms with Crippen LogP contribution >= 0.6 is 27.5 Å². The van der Waals surface area contributed by atoms with Crippen molar-refractivity contribution in [3.8, 4) is 0 Å². The van der Waals surface area contributed by atoms with E-state index in [2.05, 4.69) is 40.4 Å². The lowest BCUT2D eigenvalue weighted by molar-refractivity contribution is 0.930. The molecule has 0 unspecified atom stereocenters. The third kappa shape index (κ3) is 1.21. The van der Waals surface area contributed by atoms with Gasteiger partial charge in [0.2, 0.25) is 0 Å². The van der Waals surface area contributed by atoms with Gasteiger partial charge in [0, 0.05) is 17.5 Å². The number of aromatic nitrogens is 1. The number of halogens is 2. The molecule has 0 fully saturated rings. The van der Waals surface area contributed by atoms with Crippen LogP contribution in [0.1, 0.15) is 11.1 Å². The van der Waals surface area contributed by atoms with E-state index < -0.39 is 0 Å². The summed E-state index contributed by atoms with van der Waals surface area (Å²) in [5.74, 6) is 0. The maximum absolute atomic E-state index is 6.09. The molecule has 2 rings (SSSR count). The summed E-state index contributed by atoms with van der Waals surface area (Å²) in [4.78, 5) is 0. The van der Waals surface area contributed by atoms with E-state index in [0.717, 1.165) is 15.2 Å². The molecule has 1 nitrogen and oxygen atoms in total. The van der Waals surface area contributed by atoms with E-state index in [1.165, 1.54) is 16.5 Å². The maximum atomic E-state index is 6.09. The zero-order valence-electron chi connectivity index (χ0n) is 8.36. The third-order valence-electron chi connectivity index (χ3n) is 2.71. The predicted molar refractivity (Wildman–Crippen MR) is 65.1 cm³/mol. The molecular weight excluding hydrogens is 261 g/mol. The number of benzene rings is 1. The van der Waals surface area contributed by atoms with E-state index in [1.807, 2.05) is 13.1 Å². The maximum Gasteiger partial charge on any atom is 0.0884 e. The van der Waals surface area contributed by atoms with Gasteiger partial charge in [-0.3, -0.25) is 0 Å². The molecule has 0 aliphatic rings. The molecule has 0 amide bonds. The minimum absolute atomic E-state index is 0.825. The van der Waals surface area contributed by atoms with Gasteiger partial charge in [0.15, 0.2) is 0 Å². The molecule has 3 heteroatoms. The van der Waals surface area contributed by atoms with Crippen molar-refractivity contribution in [3.63, 3.8) is 0 Å². The van der Waals surface area contributed by atoms with Crippen LogP contribution in [0, 0.1) is 13.8 Å². The van der Waals surface area contributed by atoms with Crippen LogP contribution in [0.5, 0.6) is 0 Å². The molecule has 0 radical (unpaired) electrons. The molecule has 0 spiro atoms. The summed E-state index contributed by atoms with van der Waals surface area (Å²) >= 11 is 9.66. The second-order valence-corrected chi connectivity index (χ2v) is 4.70. The molecule has 1 heterocycles. The number of nitrogens with zero attached hydrogens (tertiary/aromatic N) is 1. The van der Waals surface area contributed by atoms with E-state index >= 15 is 0 Å². The standard InChI is InChI=1S/C11H11BrClN/c1-6-8-4-5-9(13)7(2)10(8)14(3)11(6)12/h4-5H,1-3H3. The van der Waals surface area contributed by atoms with Crippen LogP contribution in [0.15, 0.2) is 16.7 Å². The van der Waals surface area contributed by atoms with Gasteiger partial charge in [0.05, 0.1) is 10.1 Å². The Bertz CT molecular complexity index is 514. The van der Waals surface area contributed by atoms with E-state index in [-0.39, 0.29) is 0 Å². The first kappa shape index (κ1) is 10.1. The normalized spacial score (nSPS) is 11.2. The fraction of sp³-hybridized carbons (Fsp3) is 0.273. The molecule has 0 aliphatic carbocycles. The van der Waals surface area contributed by atoms with Gasteiger partial charge >= 0.3 is 0 Å². The van der Waals surface area contributed by atoms with Gasteiger partial charge in [-0.15, -0.1) is 0 Å². The van der Waals surface area contributed by atoms with E-state index in [4.69, 9.17) is 11.6 Å². The van der Waals surface area contributed by atoms with Crippen LogP contribution in [-0.2, 0) is 7.05 Å². The summed E-state index contributed by atoms with van der Waals surface area (Å²) in [7, 11) is 2.04. The topological polar surface area (TPSA) is 4.93 Å². The first-order valence-electron chi connectivity index (χ1n) is 4.43. The lowest BCUT2D eigenvalue weighted by Gasteiger charge is -2.03. The van der Waals surface area contributed by atoms with Crippen LogP contribution in [-0.4, -0.2) is 4.57 Å². The molecule has 1 aromatic carbocycles. The van der Waals surface area contributed by atoms with Crippen molar-refractivity contribution in [1.29, 1.82) is 0 Å². The lowest BCUT2D eigenvalue weighted by Crippen LogP contribution is -1.89. The van der Waals surface area contributed by atoms with Crippen molar-refractivity contribution in [1.82, 2.24) is 4.57 Å². The molecule has 2 aromatic rings. The smallest absolute Gasteiger partial charge is 0.0884 e. The summed E-state index contributed by atoms with van der Waals surface area (Å²) in [5, 5.41) is 2.09. The minimum Gasteiger partial charge on any atom is -0.338 e. The third-order valence-corrected chi connectivity index (χ3v) is 4.24. The monoisotopic (exact) mass is 271 g/mol. The fourth-order valence-electron chi connectivity index (χ4n) is 1.87. The largest absolute Gasteiger partial charge is 0.338 e. The van der Waals surface area contributed by atoms with Crippen molar-refractivity contribution in [2.75, 3.05) is 0 Å². The lowest BCUT2D eigenvalue weighted by atomic mass is 10.1. The average molecular weight is 273 g/mol. The Morgan fingerprint density at radius 1 is 1.21 bits per heavy atom. The average Bonchev–Trinajstić information content (AvgIpc) is 2.38. The van der Waals surface area contributed by atoms with Gasteiger partial charge in [-0.2, -0.15) is 0 Å². The Hall–Kier alpha value is -0.470. The molecular formula is C11H11BrClN. The Morgan fingerprint density at radius 3 is 2.50 bits per heavy atom. The quantitative estimate of drug-likeness (QED) is 0.677. The summed E-state index contributed by atoms with van der Waals surface area (Å²) in [6, 6.07) is 4.03. The van der Waals surface area contributed by atoms with Crippen molar-refractivity contribution >= 4 is 38.4 Å². The number of rotatable bonds is 0. The Kier molecular flexibility index (Phi) is 2.36. The number of hydrogen-bond donors (Lipinski definition) is 0. The summed E-state index contributed by atoms with van der Waals surface area (Å²) in [5.41, 5.74) is 3.62. The Balaban J connectivity index is 3.03. The SMILES string of the molecule is Cc1c(Br)n(C)c2c(C)c(Cl)ccc12. The zero-order valence-corrected chi connectivity index (χ0v) is 10.7. The molecule has 0 saturated carbocycles. The second kappa shape index (κ2) is 3.28. The van der Waals surface area contributed by atoms with Crippen molar-refractivity contribution in [3.05, 3.63) is 32.9 Å². The summed E-state index contributed by atoms with van der Waals surface area (Å²) in [6.45, 7) is 4.16. The summed E-state index contributed by atoms with van der Waals surface area (Å²) < 4.78 is 3.25. The minimum atomic E-state index is 0.825. The molecule has 0 aliphatic heterocycles. The fourth-order valence-corrected chi connectivity index (χ4v) is 2.41. The molecule has 14 heavy (non-hydrogen) atoms. The molecule has 0 bridgehead atoms. The number of fused-ring (bicyclic) bond motifs is 1. The highest BCUT2D eigenvalue weighted by Gasteiger charge is 2.12. The molecule has 0 saturated heterocycles. The molecule has 0 atom stereocenters. The van der Waals surface area contributed by atoms with Crippen LogP contribution < -0.4 is 0 Å². The van der Waals surface area contributed by atoms with Crippen molar-refractivity contribution < 1.29 is 0 Å². The van der Waals surface area contributed by atoms with Crippen LogP contribution in [0.25, 0.3) is 10.9 Å². The predicted octanol–water partition coefficient (Wildman–Crippen LogP) is 4.21. The van der Waals surface area contributed by atoms with Gasteiger partial charge in [-0.1, -0.05) is 17.7 Å². The van der Waals surface area contributed by atoms with Crippen LogP contribution in [0.2, 0.25) is 5.02 Å². The highest BCUT2D eigenvalue weighted by atomic mass is 79.9. The van der Waals surface area contributed by atoms with Crippen LogP contribution in [0.4, 0.5) is 0 Å². The van der Waals surface area contributed by atoms with Gasteiger partial charge < -0.3 is 4.57 Å². The van der Waals surface area contributed by atoms with Crippen molar-refractivity contribution in [2.45, 2.75) is 13.8 Å². The second-order valence-electron chi connectivity index (χ2n) is 3.54. The number of aryl methyl sites for hydroxylation is 3. The van der Waals surface area contributed by atoms with E-state index in [9.17, 15) is 0 Å². The van der Waals surface area contributed by atoms with Crippen LogP contribution in [0.3, 0.4) is 0 Å². The highest BCUT2D eigenvalue weighted by Crippen LogP contribution is 2.33. The number of hydrogen-bond acceptors (Lipinski definition) is 0. The van der Waals surface area contributed by atoms with Gasteiger partial charge in [-0.05, 0) is 47.0 Å². The highest BCUT2D eigenvalue weighted by molar-refractivity contribution is 9.10.